The Morgan fingerprint density at radius 3 is 2.30 bits per heavy atom. The van der Waals surface area contributed by atoms with Gasteiger partial charge in [0, 0.05) is 66.2 Å². The minimum absolute atomic E-state index is 0. The first-order valence-electron chi connectivity index (χ1n) is 15.6. The zero-order valence-corrected chi connectivity index (χ0v) is 32.2. The maximum atomic E-state index is 13.5. The number of benzene rings is 1. The molecule has 1 unspecified atom stereocenters. The Labute approximate surface area is 284 Å². The molecule has 2 aromatic rings. The van der Waals surface area contributed by atoms with E-state index < -0.39 is 0 Å². The number of fused-ring (bicyclic) bond motifs is 3. The fourth-order valence-electron chi connectivity index (χ4n) is 4.20. The second-order valence-corrected chi connectivity index (χ2v) is 9.96. The third-order valence-electron chi connectivity index (χ3n) is 6.42. The molecule has 0 saturated heterocycles. The number of hydrogen-bond acceptors (Lipinski definition) is 5. The van der Waals surface area contributed by atoms with E-state index in [0.29, 0.717) is 32.0 Å². The molecule has 1 aromatic heterocycles. The second-order valence-electron chi connectivity index (χ2n) is 9.96. The van der Waals surface area contributed by atoms with E-state index >= 15 is 0 Å². The summed E-state index contributed by atoms with van der Waals surface area (Å²) in [6.45, 7) is 23.9. The van der Waals surface area contributed by atoms with Gasteiger partial charge in [0.25, 0.3) is 0 Å². The second kappa shape index (κ2) is 25.9. The van der Waals surface area contributed by atoms with Gasteiger partial charge in [0.15, 0.2) is 0 Å². The van der Waals surface area contributed by atoms with E-state index in [9.17, 15) is 9.59 Å². The van der Waals surface area contributed by atoms with Crippen molar-refractivity contribution in [2.45, 2.75) is 86.6 Å². The van der Waals surface area contributed by atoms with Crippen LogP contribution in [0.15, 0.2) is 55.1 Å². The number of unbranched alkanes of at least 4 members (excludes halogenated alkanes) is 1. The summed E-state index contributed by atoms with van der Waals surface area (Å²) in [5.41, 5.74) is 5.01. The van der Waals surface area contributed by atoms with Gasteiger partial charge in [0.2, 0.25) is 11.8 Å². The molecular weight excluding hydrogens is 741 g/mol. The molecule has 2 amide bonds. The maximum absolute atomic E-state index is 13.5. The zero-order valence-electron chi connectivity index (χ0n) is 28.1. The number of carbonyl (C=O) groups is 2. The van der Waals surface area contributed by atoms with Gasteiger partial charge in [-0.25, -0.2) is 4.68 Å². The summed E-state index contributed by atoms with van der Waals surface area (Å²) in [6, 6.07) is 7.85. The standard InChI is InChI=1S/C28H37N5O2.C3H8O.C2H6.CH5P.W.H2/c1-6-9-18-33-28-23-12-10-11-13-24(23)32(19-21(7-2)22(8-3)27(28)30-31-33)26(35)16-17-29-25(34)15-14-20(4)5;1-2-3-4;2*1-2;;/h7-8,10-13,20H,2-3,6,9,14-19H2,1,4-5H3,(H,29,34);4H,2-3H2,1H3;1-2H3;2H2,1H3;;1H/b22-21-;;;;;. The summed E-state index contributed by atoms with van der Waals surface area (Å²) < 4.78 is 1.92. The number of aliphatic hydroxyl groups excluding tert-OH is 1. The summed E-state index contributed by atoms with van der Waals surface area (Å²) >= 11 is 0. The van der Waals surface area contributed by atoms with Crippen LogP contribution < -0.4 is 10.2 Å². The quantitative estimate of drug-likeness (QED) is 0.220. The smallest absolute Gasteiger partial charge is 0.229 e. The van der Waals surface area contributed by atoms with Crippen LogP contribution in [0.2, 0.25) is 0 Å². The van der Waals surface area contributed by atoms with Crippen molar-refractivity contribution in [3.05, 3.63) is 60.8 Å². The number of hydrogen-bond donors (Lipinski definition) is 2. The van der Waals surface area contributed by atoms with Gasteiger partial charge in [0.05, 0.1) is 17.9 Å². The van der Waals surface area contributed by atoms with Crippen LogP contribution in [0.25, 0.3) is 16.8 Å². The van der Waals surface area contributed by atoms with E-state index in [-0.39, 0.29) is 40.7 Å². The van der Waals surface area contributed by atoms with Crippen LogP contribution in [-0.2, 0) is 37.2 Å². The number of rotatable bonds is 12. The third kappa shape index (κ3) is 13.7. The molecule has 248 valence electrons. The van der Waals surface area contributed by atoms with Crippen LogP contribution in [-0.4, -0.2) is 58.3 Å². The minimum Gasteiger partial charge on any atom is -0.396 e. The first-order chi connectivity index (χ1) is 20.8. The van der Waals surface area contributed by atoms with Crippen LogP contribution in [0, 0.1) is 5.92 Å². The van der Waals surface area contributed by atoms with Crippen molar-refractivity contribution in [3.8, 4) is 11.3 Å². The van der Waals surface area contributed by atoms with Gasteiger partial charge >= 0.3 is 0 Å². The fourth-order valence-corrected chi connectivity index (χ4v) is 4.20. The number of aryl methyl sites for hydroxylation is 1. The van der Waals surface area contributed by atoms with Crippen molar-refractivity contribution in [1.29, 1.82) is 0 Å². The van der Waals surface area contributed by atoms with Gasteiger partial charge in [-0.05, 0) is 36.8 Å². The molecule has 1 aliphatic rings. The summed E-state index contributed by atoms with van der Waals surface area (Å²) in [7, 11) is 2.42. The predicted octanol–water partition coefficient (Wildman–Crippen LogP) is 7.31. The first kappa shape index (κ1) is 43.7. The SMILES string of the molecule is C=C/C1=C(\C=C)c2nnn(CCCC)c2-c2ccccc2N(C(=O)CCNC(=O)CCC(C)C)C1.CC.CCCO.CP.[HH].[W]. The number of nitrogens with zero attached hydrogens (tertiary/aromatic N) is 4. The van der Waals surface area contributed by atoms with Crippen molar-refractivity contribution in [2.75, 3.05) is 31.3 Å². The average molecular weight is 800 g/mol. The Balaban J connectivity index is -0.00000160. The molecule has 1 aliphatic heterocycles. The monoisotopic (exact) mass is 799 g/mol. The van der Waals surface area contributed by atoms with Gasteiger partial charge in [-0.2, -0.15) is 0 Å². The zero-order chi connectivity index (χ0) is 32.8. The Hall–Kier alpha value is -2.40. The molecule has 0 aliphatic carbocycles. The van der Waals surface area contributed by atoms with Gasteiger partial charge in [-0.3, -0.25) is 9.59 Å². The molecule has 0 bridgehead atoms. The Bertz CT molecular complexity index is 1170. The molecule has 0 saturated carbocycles. The minimum atomic E-state index is -0.0691. The normalized spacial score (nSPS) is 13.0. The Morgan fingerprint density at radius 2 is 1.75 bits per heavy atom. The number of anilines is 1. The molecule has 1 aromatic carbocycles. The van der Waals surface area contributed by atoms with E-state index in [1.54, 1.807) is 17.1 Å². The molecule has 44 heavy (non-hydrogen) atoms. The van der Waals surface area contributed by atoms with Crippen LogP contribution in [0.4, 0.5) is 5.69 Å². The van der Waals surface area contributed by atoms with Crippen molar-refractivity contribution >= 4 is 32.3 Å². The van der Waals surface area contributed by atoms with Crippen LogP contribution in [0.1, 0.15) is 87.2 Å². The molecule has 2 N–H and O–H groups in total. The first-order valence-corrected chi connectivity index (χ1v) is 16.7. The number of carbonyl (C=O) groups excluding carboxylic acids is 2. The van der Waals surface area contributed by atoms with Gasteiger partial charge < -0.3 is 15.3 Å². The number of aromatic nitrogens is 3. The molecule has 8 nitrogen and oxygen atoms in total. The summed E-state index contributed by atoms with van der Waals surface area (Å²) in [6.07, 6.45) is 7.91. The van der Waals surface area contributed by atoms with Gasteiger partial charge in [0.1, 0.15) is 5.69 Å². The molecule has 3 rings (SSSR count). The topological polar surface area (TPSA) is 100 Å². The van der Waals surface area contributed by atoms with E-state index in [0.717, 1.165) is 66.0 Å². The molecule has 0 radical (unpaired) electrons. The van der Waals surface area contributed by atoms with E-state index in [1.807, 2.05) is 56.4 Å². The number of nitrogens with one attached hydrogen (secondary N) is 1. The van der Waals surface area contributed by atoms with Crippen molar-refractivity contribution in [1.82, 2.24) is 20.3 Å². The Morgan fingerprint density at radius 1 is 1.11 bits per heavy atom. The largest absolute Gasteiger partial charge is 0.396 e. The number of aliphatic hydroxyl groups is 1. The number of para-hydroxylation sites is 1. The molecule has 2 heterocycles. The van der Waals surface area contributed by atoms with Crippen LogP contribution in [0.3, 0.4) is 0 Å². The number of allylic oxidation sites excluding steroid dienone is 2. The van der Waals surface area contributed by atoms with Crippen LogP contribution >= 0.6 is 9.24 Å². The molecular formula is C34H58N5O3PW. The van der Waals surface area contributed by atoms with E-state index in [4.69, 9.17) is 5.11 Å². The molecule has 0 fully saturated rings. The van der Waals surface area contributed by atoms with Crippen LogP contribution in [0.5, 0.6) is 0 Å². The van der Waals surface area contributed by atoms with Crippen molar-refractivity contribution in [2.24, 2.45) is 5.92 Å². The molecule has 10 heteroatoms. The van der Waals surface area contributed by atoms with E-state index in [2.05, 4.69) is 58.8 Å². The summed E-state index contributed by atoms with van der Waals surface area (Å²) in [4.78, 5) is 27.4. The van der Waals surface area contributed by atoms with Gasteiger partial charge in [-0.1, -0.05) is 103 Å². The van der Waals surface area contributed by atoms with E-state index in [1.165, 1.54) is 0 Å². The maximum Gasteiger partial charge on any atom is 0.229 e. The summed E-state index contributed by atoms with van der Waals surface area (Å²) in [5.74, 6) is 0.379. The van der Waals surface area contributed by atoms with Crippen molar-refractivity contribution in [3.63, 3.8) is 0 Å². The summed E-state index contributed by atoms with van der Waals surface area (Å²) in [5, 5.41) is 19.7. The third-order valence-corrected chi connectivity index (χ3v) is 6.42. The number of amides is 2. The van der Waals surface area contributed by atoms with Crippen molar-refractivity contribution < 1.29 is 37.2 Å². The predicted molar refractivity (Wildman–Crippen MR) is 188 cm³/mol. The molecule has 1 atom stereocenters. The average Bonchev–Trinajstić information content (AvgIpc) is 3.44. The van der Waals surface area contributed by atoms with Gasteiger partial charge in [-0.15, -0.1) is 14.3 Å². The molecule has 0 spiro atoms. The Kier molecular flexibility index (Phi) is 25.7. The fraction of sp³-hybridized carbons (Fsp3) is 0.529.